The van der Waals surface area contributed by atoms with Crippen LogP contribution in [0.15, 0.2) is 48.5 Å². The predicted molar refractivity (Wildman–Crippen MR) is 89.4 cm³/mol. The second kappa shape index (κ2) is 7.59. The van der Waals surface area contributed by atoms with Gasteiger partial charge in [0, 0.05) is 18.6 Å². The van der Waals surface area contributed by atoms with Crippen molar-refractivity contribution in [2.24, 2.45) is 0 Å². The van der Waals surface area contributed by atoms with Crippen molar-refractivity contribution < 1.29 is 19.6 Å². The fraction of sp³-hybridized carbons (Fsp3) is 0.278. The molecule has 0 amide bonds. The summed E-state index contributed by atoms with van der Waals surface area (Å²) in [6.07, 6.45) is -1.07. The zero-order chi connectivity index (χ0) is 17.7. The van der Waals surface area contributed by atoms with Crippen LogP contribution in [0.4, 0.5) is 5.69 Å². The minimum Gasteiger partial charge on any atom is -0.478 e. The molecule has 126 valence electrons. The van der Waals surface area contributed by atoms with Crippen LogP contribution in [0.3, 0.4) is 0 Å². The molecule has 0 aliphatic rings. The molecule has 0 fully saturated rings. The van der Waals surface area contributed by atoms with Gasteiger partial charge in [0.05, 0.1) is 4.92 Å². The number of aliphatic carboxylic acids is 1. The average Bonchev–Trinajstić information content (AvgIpc) is 2.54. The molecule has 24 heavy (non-hydrogen) atoms. The van der Waals surface area contributed by atoms with Crippen LogP contribution in [0.5, 0.6) is 5.75 Å². The molecule has 6 nitrogen and oxygen atoms in total. The molecule has 2 aromatic rings. The fourth-order valence-corrected chi connectivity index (χ4v) is 2.41. The zero-order valence-corrected chi connectivity index (χ0v) is 13.5. The van der Waals surface area contributed by atoms with Gasteiger partial charge in [-0.15, -0.1) is 0 Å². The summed E-state index contributed by atoms with van der Waals surface area (Å²) in [5, 5.41) is 20.3. The summed E-state index contributed by atoms with van der Waals surface area (Å²) < 4.78 is 5.70. The number of nitro groups is 1. The number of carbonyl (C=O) groups is 1. The number of para-hydroxylation sites is 1. The molecule has 0 saturated heterocycles. The number of hydrogen-bond donors (Lipinski definition) is 1. The Balaban J connectivity index is 2.24. The van der Waals surface area contributed by atoms with Crippen LogP contribution in [-0.2, 0) is 11.2 Å². The van der Waals surface area contributed by atoms with E-state index in [0.29, 0.717) is 11.3 Å². The summed E-state index contributed by atoms with van der Waals surface area (Å²) >= 11 is 0. The van der Waals surface area contributed by atoms with Gasteiger partial charge < -0.3 is 9.84 Å². The maximum atomic E-state index is 11.5. The van der Waals surface area contributed by atoms with Gasteiger partial charge in [-0.2, -0.15) is 0 Å². The molecule has 2 aromatic carbocycles. The Kier molecular flexibility index (Phi) is 5.52. The monoisotopic (exact) mass is 329 g/mol. The van der Waals surface area contributed by atoms with E-state index in [0.717, 1.165) is 5.56 Å². The highest BCUT2D eigenvalue weighted by atomic mass is 16.6. The molecule has 1 atom stereocenters. The van der Waals surface area contributed by atoms with E-state index in [-0.39, 0.29) is 18.0 Å². The summed E-state index contributed by atoms with van der Waals surface area (Å²) in [6, 6.07) is 13.2. The van der Waals surface area contributed by atoms with Crippen LogP contribution in [0.25, 0.3) is 0 Å². The molecule has 0 saturated carbocycles. The smallest absolute Gasteiger partial charge is 0.345 e. The molecule has 2 rings (SSSR count). The van der Waals surface area contributed by atoms with Crippen LogP contribution in [0, 0.1) is 10.1 Å². The van der Waals surface area contributed by atoms with E-state index >= 15 is 0 Å². The quantitative estimate of drug-likeness (QED) is 0.616. The highest BCUT2D eigenvalue weighted by Gasteiger charge is 2.22. The van der Waals surface area contributed by atoms with E-state index in [9.17, 15) is 20.0 Å². The third-order valence-corrected chi connectivity index (χ3v) is 3.63. The molecule has 0 bridgehead atoms. The second-order valence-corrected chi connectivity index (χ2v) is 5.77. The Labute approximate surface area is 139 Å². The van der Waals surface area contributed by atoms with Gasteiger partial charge in [0.15, 0.2) is 6.10 Å². The van der Waals surface area contributed by atoms with Crippen LogP contribution in [0.1, 0.15) is 30.9 Å². The number of benzene rings is 2. The summed E-state index contributed by atoms with van der Waals surface area (Å²) in [7, 11) is 0. The van der Waals surface area contributed by atoms with E-state index in [1.165, 1.54) is 18.2 Å². The molecule has 0 heterocycles. The van der Waals surface area contributed by atoms with Gasteiger partial charge in [-0.1, -0.05) is 44.2 Å². The van der Waals surface area contributed by atoms with Crippen molar-refractivity contribution in [1.82, 2.24) is 0 Å². The van der Waals surface area contributed by atoms with Crippen LogP contribution in [-0.4, -0.2) is 22.1 Å². The Morgan fingerprint density at radius 2 is 1.92 bits per heavy atom. The van der Waals surface area contributed by atoms with Gasteiger partial charge in [-0.25, -0.2) is 4.79 Å². The standard InChI is InChI=1S/C18H19NO5/c1-12(2)15-8-3-4-9-16(15)24-17(18(20)21)11-13-6-5-7-14(10-13)19(22)23/h3-10,12,17H,11H2,1-2H3,(H,20,21). The molecule has 0 aromatic heterocycles. The molecule has 0 aliphatic carbocycles. The molecule has 6 heteroatoms. The topological polar surface area (TPSA) is 89.7 Å². The number of carboxylic acid groups (broad SMARTS) is 1. The lowest BCUT2D eigenvalue weighted by Gasteiger charge is -2.19. The molecule has 0 radical (unpaired) electrons. The number of nitro benzene ring substituents is 1. The van der Waals surface area contributed by atoms with Crippen molar-refractivity contribution >= 4 is 11.7 Å². The minimum atomic E-state index is -1.12. The van der Waals surface area contributed by atoms with Gasteiger partial charge in [0.25, 0.3) is 5.69 Å². The maximum Gasteiger partial charge on any atom is 0.345 e. The SMILES string of the molecule is CC(C)c1ccccc1OC(Cc1cccc([N+](=O)[O-])c1)C(=O)O. The average molecular weight is 329 g/mol. The Bertz CT molecular complexity index is 742. The van der Waals surface area contributed by atoms with Gasteiger partial charge in [-0.3, -0.25) is 10.1 Å². The lowest BCUT2D eigenvalue weighted by molar-refractivity contribution is -0.384. The lowest BCUT2D eigenvalue weighted by Crippen LogP contribution is -2.29. The first-order chi connectivity index (χ1) is 11.4. The van der Waals surface area contributed by atoms with Crippen molar-refractivity contribution in [3.05, 3.63) is 69.8 Å². The molecular formula is C18H19NO5. The van der Waals surface area contributed by atoms with Gasteiger partial charge in [-0.05, 0) is 23.1 Å². The summed E-state index contributed by atoms with van der Waals surface area (Å²) in [5.74, 6) is -0.404. The highest BCUT2D eigenvalue weighted by Crippen LogP contribution is 2.27. The number of rotatable bonds is 7. The van der Waals surface area contributed by atoms with E-state index < -0.39 is 17.0 Å². The Morgan fingerprint density at radius 1 is 1.21 bits per heavy atom. The van der Waals surface area contributed by atoms with E-state index in [2.05, 4.69) is 0 Å². The number of carboxylic acids is 1. The van der Waals surface area contributed by atoms with Crippen molar-refractivity contribution in [1.29, 1.82) is 0 Å². The predicted octanol–water partition coefficient (Wildman–Crippen LogP) is 3.79. The van der Waals surface area contributed by atoms with Crippen LogP contribution in [0.2, 0.25) is 0 Å². The molecule has 1 N–H and O–H groups in total. The summed E-state index contributed by atoms with van der Waals surface area (Å²) in [4.78, 5) is 21.9. The van der Waals surface area contributed by atoms with Crippen LogP contribution < -0.4 is 4.74 Å². The fourth-order valence-electron chi connectivity index (χ4n) is 2.41. The van der Waals surface area contributed by atoms with Gasteiger partial charge in [0.1, 0.15) is 5.75 Å². The Hall–Kier alpha value is -2.89. The maximum absolute atomic E-state index is 11.5. The third kappa shape index (κ3) is 4.32. The van der Waals surface area contributed by atoms with Gasteiger partial charge >= 0.3 is 5.97 Å². The molecule has 0 spiro atoms. The number of hydrogen-bond acceptors (Lipinski definition) is 4. The van der Waals surface area contributed by atoms with Crippen molar-refractivity contribution in [2.45, 2.75) is 32.3 Å². The van der Waals surface area contributed by atoms with Gasteiger partial charge in [0.2, 0.25) is 0 Å². The van der Waals surface area contributed by atoms with E-state index in [1.807, 2.05) is 26.0 Å². The largest absolute Gasteiger partial charge is 0.478 e. The van der Waals surface area contributed by atoms with Crippen molar-refractivity contribution in [3.8, 4) is 5.75 Å². The Morgan fingerprint density at radius 3 is 2.54 bits per heavy atom. The normalized spacial score (nSPS) is 12.0. The van der Waals surface area contributed by atoms with Crippen molar-refractivity contribution in [3.63, 3.8) is 0 Å². The first kappa shape index (κ1) is 17.5. The first-order valence-electron chi connectivity index (χ1n) is 7.60. The minimum absolute atomic E-state index is 0.0451. The summed E-state index contributed by atoms with van der Waals surface area (Å²) in [5.41, 5.74) is 1.39. The zero-order valence-electron chi connectivity index (χ0n) is 13.5. The lowest BCUT2D eigenvalue weighted by atomic mass is 10.0. The number of nitrogens with zero attached hydrogens (tertiary/aromatic N) is 1. The summed E-state index contributed by atoms with van der Waals surface area (Å²) in [6.45, 7) is 4.00. The molecule has 1 unspecified atom stereocenters. The number of ether oxygens (including phenoxy) is 1. The third-order valence-electron chi connectivity index (χ3n) is 3.63. The first-order valence-corrected chi connectivity index (χ1v) is 7.60. The molecule has 0 aliphatic heterocycles. The second-order valence-electron chi connectivity index (χ2n) is 5.77. The van der Waals surface area contributed by atoms with E-state index in [1.54, 1.807) is 18.2 Å². The number of non-ortho nitro benzene ring substituents is 1. The van der Waals surface area contributed by atoms with Crippen molar-refractivity contribution in [2.75, 3.05) is 0 Å². The van der Waals surface area contributed by atoms with E-state index in [4.69, 9.17) is 4.74 Å². The van der Waals surface area contributed by atoms with Crippen LogP contribution >= 0.6 is 0 Å². The highest BCUT2D eigenvalue weighted by molar-refractivity contribution is 5.73. The molecular weight excluding hydrogens is 310 g/mol.